The van der Waals surface area contributed by atoms with E-state index in [0.717, 1.165) is 30.0 Å². The molecule has 0 bridgehead atoms. The van der Waals surface area contributed by atoms with Crippen LogP contribution < -0.4 is 11.1 Å². The largest absolute Gasteiger partial charge is 0.395 e. The average molecular weight is 305 g/mol. The van der Waals surface area contributed by atoms with Gasteiger partial charge in [-0.2, -0.15) is 5.10 Å². The van der Waals surface area contributed by atoms with Crippen molar-refractivity contribution in [2.24, 2.45) is 0 Å². The van der Waals surface area contributed by atoms with Crippen molar-refractivity contribution in [3.05, 3.63) is 27.5 Å². The second-order valence-corrected chi connectivity index (χ2v) is 6.53. The predicted molar refractivity (Wildman–Crippen MR) is 82.3 cm³/mol. The molecular weight excluding hydrogens is 286 g/mol. The molecule has 1 aliphatic carbocycles. The van der Waals surface area contributed by atoms with Gasteiger partial charge in [-0.05, 0) is 26.2 Å². The molecule has 1 amide bonds. The Kier molecular flexibility index (Phi) is 3.67. The van der Waals surface area contributed by atoms with Gasteiger partial charge in [-0.15, -0.1) is 11.3 Å². The first-order valence-corrected chi connectivity index (χ1v) is 8.01. The van der Waals surface area contributed by atoms with Crippen molar-refractivity contribution >= 4 is 22.9 Å². The van der Waals surface area contributed by atoms with Crippen molar-refractivity contribution in [2.45, 2.75) is 45.1 Å². The summed E-state index contributed by atoms with van der Waals surface area (Å²) in [4.78, 5) is 17.8. The maximum Gasteiger partial charge on any atom is 0.274 e. The van der Waals surface area contributed by atoms with Crippen LogP contribution in [0.3, 0.4) is 0 Å². The minimum absolute atomic E-state index is 0.150. The average Bonchev–Trinajstić information content (AvgIpc) is 3.05. The molecule has 1 unspecified atom stereocenters. The van der Waals surface area contributed by atoms with Gasteiger partial charge in [0.05, 0.1) is 17.4 Å². The molecule has 1 fully saturated rings. The van der Waals surface area contributed by atoms with Crippen LogP contribution in [-0.4, -0.2) is 21.1 Å². The summed E-state index contributed by atoms with van der Waals surface area (Å²) in [6.45, 7) is 4.01. The zero-order valence-electron chi connectivity index (χ0n) is 12.1. The number of aromatic amines is 1. The van der Waals surface area contributed by atoms with Crippen molar-refractivity contribution in [1.82, 2.24) is 20.5 Å². The first-order valence-electron chi connectivity index (χ1n) is 7.19. The van der Waals surface area contributed by atoms with E-state index in [9.17, 15) is 4.79 Å². The standard InChI is InChI=1S/C14H19N5OS/c1-3-9-6-16-14(21-9)7(2)17-13(20)12-10(15)11(18-19-12)8-4-5-8/h6-8H,3-5,15H2,1-2H3,(H,17,20)(H,18,19). The number of hydrogen-bond acceptors (Lipinski definition) is 5. The third-order valence-electron chi connectivity index (χ3n) is 3.67. The zero-order valence-corrected chi connectivity index (χ0v) is 13.0. The van der Waals surface area contributed by atoms with Crippen LogP contribution in [0.4, 0.5) is 5.69 Å². The molecule has 21 heavy (non-hydrogen) atoms. The van der Waals surface area contributed by atoms with E-state index in [2.05, 4.69) is 27.4 Å². The number of nitrogens with one attached hydrogen (secondary N) is 2. The SMILES string of the molecule is CCc1cnc(C(C)NC(=O)c2n[nH]c(C3CC3)c2N)s1. The van der Waals surface area contributed by atoms with E-state index >= 15 is 0 Å². The molecule has 0 spiro atoms. The summed E-state index contributed by atoms with van der Waals surface area (Å²) in [6, 6.07) is -0.150. The summed E-state index contributed by atoms with van der Waals surface area (Å²) in [6.07, 6.45) is 5.04. The monoisotopic (exact) mass is 305 g/mol. The lowest BCUT2D eigenvalue weighted by Gasteiger charge is -2.10. The second kappa shape index (κ2) is 5.48. The molecule has 0 saturated heterocycles. The first kappa shape index (κ1) is 14.1. The third kappa shape index (κ3) is 2.78. The number of carbonyl (C=O) groups is 1. The number of nitrogen functional groups attached to an aromatic ring is 1. The Hall–Kier alpha value is -1.89. The van der Waals surface area contributed by atoms with E-state index in [-0.39, 0.29) is 17.6 Å². The number of nitrogens with zero attached hydrogens (tertiary/aromatic N) is 2. The maximum absolute atomic E-state index is 12.3. The quantitative estimate of drug-likeness (QED) is 0.790. The molecule has 1 saturated carbocycles. The molecule has 0 aromatic carbocycles. The number of nitrogens with two attached hydrogens (primary N) is 1. The molecule has 6 nitrogen and oxygen atoms in total. The smallest absolute Gasteiger partial charge is 0.274 e. The Morgan fingerprint density at radius 1 is 1.62 bits per heavy atom. The Labute approximate surface area is 127 Å². The molecule has 0 radical (unpaired) electrons. The van der Waals surface area contributed by atoms with Gasteiger partial charge in [0.15, 0.2) is 5.69 Å². The summed E-state index contributed by atoms with van der Waals surface area (Å²) in [5.41, 5.74) is 7.69. The van der Waals surface area contributed by atoms with Crippen LogP contribution in [0.25, 0.3) is 0 Å². The van der Waals surface area contributed by atoms with Crippen LogP contribution in [-0.2, 0) is 6.42 Å². The summed E-state index contributed by atoms with van der Waals surface area (Å²) in [5.74, 6) is 0.193. The molecule has 7 heteroatoms. The topological polar surface area (TPSA) is 96.7 Å². The van der Waals surface area contributed by atoms with E-state index < -0.39 is 0 Å². The van der Waals surface area contributed by atoms with Gasteiger partial charge < -0.3 is 11.1 Å². The number of aryl methyl sites for hydroxylation is 1. The van der Waals surface area contributed by atoms with Crippen molar-refractivity contribution in [3.63, 3.8) is 0 Å². The summed E-state index contributed by atoms with van der Waals surface area (Å²) < 4.78 is 0. The number of rotatable bonds is 5. The van der Waals surface area contributed by atoms with Crippen molar-refractivity contribution in [2.75, 3.05) is 5.73 Å². The van der Waals surface area contributed by atoms with Crippen LogP contribution in [0.5, 0.6) is 0 Å². The number of thiazole rings is 1. The van der Waals surface area contributed by atoms with Crippen LogP contribution in [0.15, 0.2) is 6.20 Å². The number of hydrogen-bond donors (Lipinski definition) is 3. The van der Waals surface area contributed by atoms with Crippen LogP contribution in [0, 0.1) is 0 Å². The second-order valence-electron chi connectivity index (χ2n) is 5.39. The van der Waals surface area contributed by atoms with E-state index in [1.54, 1.807) is 11.3 Å². The number of aromatic nitrogens is 3. The van der Waals surface area contributed by atoms with Gasteiger partial charge in [-0.25, -0.2) is 4.98 Å². The minimum Gasteiger partial charge on any atom is -0.395 e. The van der Waals surface area contributed by atoms with E-state index in [1.807, 2.05) is 13.1 Å². The van der Waals surface area contributed by atoms with Gasteiger partial charge in [0.1, 0.15) is 5.01 Å². The number of amides is 1. The zero-order chi connectivity index (χ0) is 15.0. The van der Waals surface area contributed by atoms with Crippen molar-refractivity contribution in [1.29, 1.82) is 0 Å². The highest BCUT2D eigenvalue weighted by molar-refractivity contribution is 7.11. The fraction of sp³-hybridized carbons (Fsp3) is 0.500. The van der Waals surface area contributed by atoms with E-state index in [4.69, 9.17) is 5.73 Å². The van der Waals surface area contributed by atoms with Gasteiger partial charge in [0.25, 0.3) is 5.91 Å². The molecule has 2 aromatic heterocycles. The Bertz CT molecular complexity index is 658. The Morgan fingerprint density at radius 3 is 3.00 bits per heavy atom. The number of H-pyrrole nitrogens is 1. The van der Waals surface area contributed by atoms with Crippen molar-refractivity contribution in [3.8, 4) is 0 Å². The molecule has 1 atom stereocenters. The molecular formula is C14H19N5OS. The lowest BCUT2D eigenvalue weighted by atomic mass is 10.2. The molecule has 1 aliphatic rings. The van der Waals surface area contributed by atoms with Crippen LogP contribution in [0.2, 0.25) is 0 Å². The maximum atomic E-state index is 12.3. The van der Waals surface area contributed by atoms with Crippen molar-refractivity contribution < 1.29 is 4.79 Å². The number of anilines is 1. The molecule has 2 heterocycles. The Morgan fingerprint density at radius 2 is 2.38 bits per heavy atom. The Balaban J connectivity index is 1.70. The highest BCUT2D eigenvalue weighted by Gasteiger charge is 2.30. The summed E-state index contributed by atoms with van der Waals surface area (Å²) in [5, 5.41) is 10.8. The third-order valence-corrected chi connectivity index (χ3v) is 5.00. The van der Waals surface area contributed by atoms with E-state index in [0.29, 0.717) is 11.6 Å². The fourth-order valence-corrected chi connectivity index (χ4v) is 3.09. The summed E-state index contributed by atoms with van der Waals surface area (Å²) >= 11 is 1.62. The molecule has 112 valence electrons. The van der Waals surface area contributed by atoms with Crippen LogP contribution in [0.1, 0.15) is 64.7 Å². The summed E-state index contributed by atoms with van der Waals surface area (Å²) in [7, 11) is 0. The normalized spacial score (nSPS) is 15.9. The van der Waals surface area contributed by atoms with Gasteiger partial charge in [0, 0.05) is 17.0 Å². The molecule has 2 aromatic rings. The predicted octanol–water partition coefficient (Wildman–Crippen LogP) is 2.38. The lowest BCUT2D eigenvalue weighted by molar-refractivity contribution is 0.0935. The fourth-order valence-electron chi connectivity index (χ4n) is 2.23. The molecule has 4 N–H and O–H groups in total. The highest BCUT2D eigenvalue weighted by Crippen LogP contribution is 2.42. The molecule has 3 rings (SSSR count). The highest BCUT2D eigenvalue weighted by atomic mass is 32.1. The van der Waals surface area contributed by atoms with Gasteiger partial charge in [0.2, 0.25) is 0 Å². The minimum atomic E-state index is -0.253. The van der Waals surface area contributed by atoms with Crippen LogP contribution >= 0.6 is 11.3 Å². The number of carbonyl (C=O) groups excluding carboxylic acids is 1. The van der Waals surface area contributed by atoms with Gasteiger partial charge in [-0.1, -0.05) is 6.92 Å². The van der Waals surface area contributed by atoms with E-state index in [1.165, 1.54) is 4.88 Å². The van der Waals surface area contributed by atoms with Gasteiger partial charge in [-0.3, -0.25) is 9.89 Å². The lowest BCUT2D eigenvalue weighted by Crippen LogP contribution is -2.27. The van der Waals surface area contributed by atoms with Gasteiger partial charge >= 0.3 is 0 Å². The first-order chi connectivity index (χ1) is 10.1. The molecule has 0 aliphatic heterocycles.